The van der Waals surface area contributed by atoms with Crippen LogP contribution in [0.1, 0.15) is 27.2 Å². The van der Waals surface area contributed by atoms with E-state index in [0.717, 1.165) is 0 Å². The zero-order valence-electron chi connectivity index (χ0n) is 11.0. The predicted octanol–water partition coefficient (Wildman–Crippen LogP) is 1.91. The molecule has 1 unspecified atom stereocenters. The molecule has 17 heavy (non-hydrogen) atoms. The first-order valence-corrected chi connectivity index (χ1v) is 6.37. The monoisotopic (exact) mass is 263 g/mol. The van der Waals surface area contributed by atoms with E-state index in [2.05, 4.69) is 4.74 Å². The van der Waals surface area contributed by atoms with Crippen molar-refractivity contribution >= 4 is 23.5 Å². The number of rotatable bonds is 7. The molecule has 0 aliphatic carbocycles. The topological polar surface area (TPSA) is 46.6 Å². The highest BCUT2D eigenvalue weighted by Gasteiger charge is 2.21. The second-order valence-electron chi connectivity index (χ2n) is 4.56. The van der Waals surface area contributed by atoms with Gasteiger partial charge in [-0.1, -0.05) is 20.8 Å². The van der Waals surface area contributed by atoms with Crippen LogP contribution >= 0.6 is 11.6 Å². The summed E-state index contributed by atoms with van der Waals surface area (Å²) in [5, 5.41) is 0. The molecule has 1 atom stereocenters. The molecule has 0 radical (unpaired) electrons. The van der Waals surface area contributed by atoms with E-state index in [9.17, 15) is 9.59 Å². The smallest absolute Gasteiger partial charge is 0.307 e. The number of carbonyl (C=O) groups excluding carboxylic acids is 2. The Kier molecular flexibility index (Phi) is 7.96. The molecule has 0 heterocycles. The van der Waals surface area contributed by atoms with Gasteiger partial charge in [-0.15, -0.1) is 11.6 Å². The number of amides is 1. The average Bonchev–Trinajstić information content (AvgIpc) is 2.31. The minimum atomic E-state index is -0.301. The van der Waals surface area contributed by atoms with Crippen LogP contribution < -0.4 is 0 Å². The van der Waals surface area contributed by atoms with E-state index >= 15 is 0 Å². The number of ether oxygens (including phenoxy) is 1. The largest absolute Gasteiger partial charge is 0.469 e. The van der Waals surface area contributed by atoms with Crippen LogP contribution in [-0.2, 0) is 14.3 Å². The zero-order valence-corrected chi connectivity index (χ0v) is 11.8. The van der Waals surface area contributed by atoms with Crippen molar-refractivity contribution in [1.29, 1.82) is 0 Å². The lowest BCUT2D eigenvalue weighted by Crippen LogP contribution is -2.39. The summed E-state index contributed by atoms with van der Waals surface area (Å²) >= 11 is 5.68. The number of hydrogen-bond donors (Lipinski definition) is 0. The number of halogens is 1. The fourth-order valence-electron chi connectivity index (χ4n) is 1.44. The lowest BCUT2D eigenvalue weighted by Gasteiger charge is -2.26. The molecule has 0 rings (SSSR count). The van der Waals surface area contributed by atoms with Crippen molar-refractivity contribution in [3.05, 3.63) is 0 Å². The third-order valence-electron chi connectivity index (χ3n) is 2.36. The Morgan fingerprint density at radius 1 is 1.29 bits per heavy atom. The molecular formula is C12H22ClNO3. The van der Waals surface area contributed by atoms with Gasteiger partial charge in [-0.2, -0.15) is 0 Å². The highest BCUT2D eigenvalue weighted by molar-refractivity contribution is 6.19. The van der Waals surface area contributed by atoms with Crippen LogP contribution in [0.2, 0.25) is 0 Å². The van der Waals surface area contributed by atoms with E-state index in [1.807, 2.05) is 13.8 Å². The Bertz CT molecular complexity index is 256. The van der Waals surface area contributed by atoms with Gasteiger partial charge < -0.3 is 9.64 Å². The highest BCUT2D eigenvalue weighted by Crippen LogP contribution is 2.08. The van der Waals surface area contributed by atoms with Gasteiger partial charge in [0.15, 0.2) is 0 Å². The average molecular weight is 264 g/mol. The van der Waals surface area contributed by atoms with Crippen molar-refractivity contribution in [2.45, 2.75) is 27.2 Å². The molecule has 0 aromatic rings. The molecule has 0 aliphatic heterocycles. The second-order valence-corrected chi connectivity index (χ2v) is 4.87. The molecule has 4 nitrogen and oxygen atoms in total. The summed E-state index contributed by atoms with van der Waals surface area (Å²) in [7, 11) is 1.35. The maximum Gasteiger partial charge on any atom is 0.307 e. The summed E-state index contributed by atoms with van der Waals surface area (Å²) in [6, 6.07) is 0. The number of methoxy groups -OCH3 is 1. The standard InChI is InChI=1S/C12H22ClNO3/c1-9(2)8-14(6-5-11(15)17-4)12(16)10(3)7-13/h9-10H,5-8H2,1-4H3. The summed E-state index contributed by atoms with van der Waals surface area (Å²) in [6.45, 7) is 6.89. The molecule has 100 valence electrons. The molecule has 0 bridgehead atoms. The van der Waals surface area contributed by atoms with E-state index in [1.54, 1.807) is 11.8 Å². The number of nitrogens with zero attached hydrogens (tertiary/aromatic N) is 1. The van der Waals surface area contributed by atoms with Gasteiger partial charge >= 0.3 is 5.97 Å². The minimum Gasteiger partial charge on any atom is -0.469 e. The SMILES string of the molecule is COC(=O)CCN(CC(C)C)C(=O)C(C)CCl. The second kappa shape index (κ2) is 8.34. The summed E-state index contributed by atoms with van der Waals surface area (Å²) < 4.78 is 4.57. The van der Waals surface area contributed by atoms with Crippen molar-refractivity contribution in [2.75, 3.05) is 26.1 Å². The fourth-order valence-corrected chi connectivity index (χ4v) is 1.57. The lowest BCUT2D eigenvalue weighted by atomic mass is 10.1. The first kappa shape index (κ1) is 16.2. The maximum absolute atomic E-state index is 12.0. The van der Waals surface area contributed by atoms with Crippen LogP contribution in [0, 0.1) is 11.8 Å². The quantitative estimate of drug-likeness (QED) is 0.521. The summed E-state index contributed by atoms with van der Waals surface area (Å²) in [5.74, 6) is 0.140. The van der Waals surface area contributed by atoms with Crippen molar-refractivity contribution in [2.24, 2.45) is 11.8 Å². The van der Waals surface area contributed by atoms with Gasteiger partial charge in [-0.05, 0) is 5.92 Å². The predicted molar refractivity (Wildman–Crippen MR) is 67.9 cm³/mol. The summed E-state index contributed by atoms with van der Waals surface area (Å²) in [4.78, 5) is 24.8. The fraction of sp³-hybridized carbons (Fsp3) is 0.833. The van der Waals surface area contributed by atoms with E-state index in [-0.39, 0.29) is 24.2 Å². The Morgan fingerprint density at radius 3 is 2.29 bits per heavy atom. The molecule has 0 spiro atoms. The first-order valence-electron chi connectivity index (χ1n) is 5.83. The van der Waals surface area contributed by atoms with Crippen molar-refractivity contribution in [3.63, 3.8) is 0 Å². The minimum absolute atomic E-state index is 0.00222. The summed E-state index contributed by atoms with van der Waals surface area (Å²) in [5.41, 5.74) is 0. The van der Waals surface area contributed by atoms with E-state index in [0.29, 0.717) is 24.9 Å². The van der Waals surface area contributed by atoms with Gasteiger partial charge in [-0.3, -0.25) is 9.59 Å². The normalized spacial score (nSPS) is 12.4. The molecule has 0 N–H and O–H groups in total. The Balaban J connectivity index is 4.42. The lowest BCUT2D eigenvalue weighted by molar-refractivity contribution is -0.142. The molecule has 0 aromatic carbocycles. The van der Waals surface area contributed by atoms with Crippen molar-refractivity contribution < 1.29 is 14.3 Å². The van der Waals surface area contributed by atoms with Crippen LogP contribution in [0.4, 0.5) is 0 Å². The molecule has 1 amide bonds. The Hall–Kier alpha value is -0.770. The molecule has 5 heteroatoms. The number of carbonyl (C=O) groups is 2. The van der Waals surface area contributed by atoms with Crippen molar-refractivity contribution in [1.82, 2.24) is 4.90 Å². The Morgan fingerprint density at radius 2 is 1.88 bits per heavy atom. The van der Waals surface area contributed by atoms with Crippen LogP contribution in [0.15, 0.2) is 0 Å². The highest BCUT2D eigenvalue weighted by atomic mass is 35.5. The number of hydrogen-bond acceptors (Lipinski definition) is 3. The van der Waals surface area contributed by atoms with E-state index in [1.165, 1.54) is 7.11 Å². The molecule has 0 saturated heterocycles. The number of alkyl halides is 1. The van der Waals surface area contributed by atoms with Crippen LogP contribution in [0.5, 0.6) is 0 Å². The molecule has 0 fully saturated rings. The van der Waals surface area contributed by atoms with E-state index in [4.69, 9.17) is 11.6 Å². The Labute approximate surface area is 108 Å². The summed E-state index contributed by atoms with van der Waals surface area (Å²) in [6.07, 6.45) is 0.226. The van der Waals surface area contributed by atoms with Gasteiger partial charge in [0, 0.05) is 24.9 Å². The van der Waals surface area contributed by atoms with Gasteiger partial charge in [0.1, 0.15) is 0 Å². The zero-order chi connectivity index (χ0) is 13.4. The van der Waals surface area contributed by atoms with Crippen LogP contribution in [-0.4, -0.2) is 42.9 Å². The third-order valence-corrected chi connectivity index (χ3v) is 2.83. The van der Waals surface area contributed by atoms with Gasteiger partial charge in [-0.25, -0.2) is 0 Å². The van der Waals surface area contributed by atoms with Crippen molar-refractivity contribution in [3.8, 4) is 0 Å². The first-order chi connectivity index (χ1) is 7.92. The van der Waals surface area contributed by atoms with Gasteiger partial charge in [0.25, 0.3) is 0 Å². The van der Waals surface area contributed by atoms with Crippen LogP contribution in [0.25, 0.3) is 0 Å². The maximum atomic E-state index is 12.0. The van der Waals surface area contributed by atoms with Crippen LogP contribution in [0.3, 0.4) is 0 Å². The van der Waals surface area contributed by atoms with E-state index < -0.39 is 0 Å². The molecular weight excluding hydrogens is 242 g/mol. The molecule has 0 aliphatic rings. The van der Waals surface area contributed by atoms with Gasteiger partial charge in [0.05, 0.1) is 13.5 Å². The number of esters is 1. The molecule has 0 saturated carbocycles. The van der Waals surface area contributed by atoms with Gasteiger partial charge in [0.2, 0.25) is 5.91 Å². The molecule has 0 aromatic heterocycles. The third kappa shape index (κ3) is 6.51.